The van der Waals surface area contributed by atoms with E-state index in [-0.39, 0.29) is 11.0 Å². The molecule has 1 rings (SSSR count). The lowest BCUT2D eigenvalue weighted by Crippen LogP contribution is -2.09. The Morgan fingerprint density at radius 2 is 2.17 bits per heavy atom. The normalized spacial score (nSPS) is 18.1. The van der Waals surface area contributed by atoms with Crippen molar-refractivity contribution in [1.82, 2.24) is 0 Å². The minimum atomic E-state index is -0.329. The molecule has 1 aliphatic rings. The molecule has 0 atom stereocenters. The molecule has 0 amide bonds. The Labute approximate surface area is 71.9 Å². The minimum Gasteiger partial charge on any atom is -0.263 e. The Morgan fingerprint density at radius 3 is 2.50 bits per heavy atom. The molecule has 0 fully saturated rings. The molecular formula is C9H12NO2. The van der Waals surface area contributed by atoms with Gasteiger partial charge in [-0.25, -0.2) is 0 Å². The van der Waals surface area contributed by atoms with Crippen LogP contribution < -0.4 is 0 Å². The fourth-order valence-electron chi connectivity index (χ4n) is 1.11. The van der Waals surface area contributed by atoms with Crippen molar-refractivity contribution in [3.8, 4) is 0 Å². The van der Waals surface area contributed by atoms with E-state index >= 15 is 0 Å². The molecule has 0 unspecified atom stereocenters. The summed E-state index contributed by atoms with van der Waals surface area (Å²) in [4.78, 5) is 9.99. The monoisotopic (exact) mass is 166 g/mol. The highest BCUT2D eigenvalue weighted by molar-refractivity contribution is 5.29. The molecule has 0 bridgehead atoms. The molecule has 0 aliphatic heterocycles. The van der Waals surface area contributed by atoms with Gasteiger partial charge in [0, 0.05) is 17.4 Å². The summed E-state index contributed by atoms with van der Waals surface area (Å²) in [6.07, 6.45) is 5.79. The number of allylic oxidation sites excluding steroid dienone is 2. The first-order valence-corrected chi connectivity index (χ1v) is 3.99. The van der Waals surface area contributed by atoms with Crippen LogP contribution >= 0.6 is 0 Å². The van der Waals surface area contributed by atoms with Gasteiger partial charge in [0.05, 0.1) is 0 Å². The number of hydrogen-bond acceptors (Lipinski definition) is 2. The summed E-state index contributed by atoms with van der Waals surface area (Å²) in [6.45, 7) is 4.15. The molecule has 3 heteroatoms. The summed E-state index contributed by atoms with van der Waals surface area (Å²) < 4.78 is 0. The molecule has 1 aliphatic carbocycles. The van der Waals surface area contributed by atoms with E-state index in [1.807, 2.05) is 12.2 Å². The van der Waals surface area contributed by atoms with Gasteiger partial charge in [-0.3, -0.25) is 10.1 Å². The predicted octanol–water partition coefficient (Wildman–Crippen LogP) is 2.34. The molecule has 0 heterocycles. The van der Waals surface area contributed by atoms with Crippen LogP contribution in [0, 0.1) is 22.1 Å². The average molecular weight is 166 g/mol. The van der Waals surface area contributed by atoms with Gasteiger partial charge in [0.1, 0.15) is 0 Å². The summed E-state index contributed by atoms with van der Waals surface area (Å²) in [7, 11) is 0. The van der Waals surface area contributed by atoms with Gasteiger partial charge in [-0.05, 0) is 11.5 Å². The van der Waals surface area contributed by atoms with Gasteiger partial charge in [0.25, 0.3) is 0 Å². The summed E-state index contributed by atoms with van der Waals surface area (Å²) >= 11 is 0. The second-order valence-electron chi connectivity index (χ2n) is 3.14. The molecule has 0 aromatic carbocycles. The largest absolute Gasteiger partial charge is 0.316 e. The van der Waals surface area contributed by atoms with Crippen molar-refractivity contribution in [2.75, 3.05) is 0 Å². The van der Waals surface area contributed by atoms with Crippen molar-refractivity contribution in [3.63, 3.8) is 0 Å². The van der Waals surface area contributed by atoms with Crippen LogP contribution in [0.15, 0.2) is 23.8 Å². The van der Waals surface area contributed by atoms with Crippen molar-refractivity contribution in [2.24, 2.45) is 5.92 Å². The molecule has 1 radical (unpaired) electrons. The Balaban J connectivity index is 2.61. The van der Waals surface area contributed by atoms with Crippen LogP contribution in [0.4, 0.5) is 0 Å². The van der Waals surface area contributed by atoms with Crippen LogP contribution in [0.3, 0.4) is 0 Å². The van der Waals surface area contributed by atoms with Crippen LogP contribution in [0.25, 0.3) is 0 Å². The second kappa shape index (κ2) is 3.52. The second-order valence-corrected chi connectivity index (χ2v) is 3.14. The fraction of sp³-hybridized carbons (Fsp3) is 0.444. The standard InChI is InChI=1S/C9H12NO2/c1-7(2)8-3-5-9(6-4-8)10(11)12/h3-5,7H,6H2,1-2H3. The lowest BCUT2D eigenvalue weighted by atomic mass is 9.95. The highest BCUT2D eigenvalue weighted by atomic mass is 16.6. The van der Waals surface area contributed by atoms with Gasteiger partial charge >= 0.3 is 6.04 Å². The van der Waals surface area contributed by atoms with E-state index in [0.717, 1.165) is 0 Å². The summed E-state index contributed by atoms with van der Waals surface area (Å²) in [5.41, 5.74) is 1.18. The zero-order chi connectivity index (χ0) is 9.14. The molecule has 3 nitrogen and oxygen atoms in total. The van der Waals surface area contributed by atoms with Crippen molar-refractivity contribution >= 4 is 0 Å². The highest BCUT2D eigenvalue weighted by Crippen LogP contribution is 2.22. The lowest BCUT2D eigenvalue weighted by molar-refractivity contribution is -0.457. The third kappa shape index (κ3) is 1.94. The zero-order valence-electron chi connectivity index (χ0n) is 7.28. The third-order valence-electron chi connectivity index (χ3n) is 1.92. The van der Waals surface area contributed by atoms with Crippen LogP contribution in [-0.2, 0) is 0 Å². The average Bonchev–Trinajstić information content (AvgIpc) is 2.04. The molecular weight excluding hydrogens is 154 g/mol. The Morgan fingerprint density at radius 1 is 1.50 bits per heavy atom. The number of nitro groups is 1. The molecule has 0 saturated carbocycles. The van der Waals surface area contributed by atoms with Gasteiger partial charge in [-0.15, -0.1) is 0 Å². The number of hydrogen-bond donors (Lipinski definition) is 0. The SMILES string of the molecule is CC(C)C1=CC[C]([N+](=O)[O-])C=C1. The molecule has 0 aromatic heterocycles. The Hall–Kier alpha value is -1.12. The molecule has 0 saturated heterocycles. The molecule has 12 heavy (non-hydrogen) atoms. The van der Waals surface area contributed by atoms with E-state index in [4.69, 9.17) is 0 Å². The quantitative estimate of drug-likeness (QED) is 0.466. The maximum Gasteiger partial charge on any atom is 0.316 e. The van der Waals surface area contributed by atoms with Crippen LogP contribution in [-0.4, -0.2) is 4.92 Å². The molecule has 0 aromatic rings. The van der Waals surface area contributed by atoms with E-state index in [9.17, 15) is 10.1 Å². The topological polar surface area (TPSA) is 43.1 Å². The summed E-state index contributed by atoms with van der Waals surface area (Å²) in [5.74, 6) is 0.453. The smallest absolute Gasteiger partial charge is 0.263 e. The molecule has 0 spiro atoms. The Bertz CT molecular complexity index is 241. The highest BCUT2D eigenvalue weighted by Gasteiger charge is 2.21. The van der Waals surface area contributed by atoms with Crippen molar-refractivity contribution < 1.29 is 4.92 Å². The maximum atomic E-state index is 10.3. The summed E-state index contributed by atoms with van der Waals surface area (Å²) in [5, 5.41) is 10.3. The predicted molar refractivity (Wildman–Crippen MR) is 46.9 cm³/mol. The molecule has 65 valence electrons. The van der Waals surface area contributed by atoms with Gasteiger partial charge in [0.15, 0.2) is 0 Å². The zero-order valence-corrected chi connectivity index (χ0v) is 7.28. The summed E-state index contributed by atoms with van der Waals surface area (Å²) in [6, 6.07) is 0.277. The number of nitrogens with zero attached hydrogens (tertiary/aromatic N) is 1. The van der Waals surface area contributed by atoms with Crippen molar-refractivity contribution in [2.45, 2.75) is 20.3 Å². The number of rotatable bonds is 2. The Kier molecular flexibility index (Phi) is 2.63. The van der Waals surface area contributed by atoms with E-state index < -0.39 is 0 Å². The van der Waals surface area contributed by atoms with Crippen molar-refractivity contribution in [3.05, 3.63) is 40.0 Å². The van der Waals surface area contributed by atoms with Gasteiger partial charge in [-0.1, -0.05) is 26.0 Å². The lowest BCUT2D eigenvalue weighted by Gasteiger charge is -2.11. The third-order valence-corrected chi connectivity index (χ3v) is 1.92. The van der Waals surface area contributed by atoms with Gasteiger partial charge in [0.2, 0.25) is 0 Å². The van der Waals surface area contributed by atoms with E-state index in [1.165, 1.54) is 5.57 Å². The van der Waals surface area contributed by atoms with Crippen molar-refractivity contribution in [1.29, 1.82) is 0 Å². The fourth-order valence-corrected chi connectivity index (χ4v) is 1.11. The first-order chi connectivity index (χ1) is 5.61. The first-order valence-electron chi connectivity index (χ1n) is 3.99. The van der Waals surface area contributed by atoms with Crippen LogP contribution in [0.2, 0.25) is 0 Å². The van der Waals surface area contributed by atoms with E-state index in [1.54, 1.807) is 6.08 Å². The van der Waals surface area contributed by atoms with Crippen LogP contribution in [0.5, 0.6) is 0 Å². The molecule has 0 N–H and O–H groups in total. The maximum absolute atomic E-state index is 10.3. The first kappa shape index (κ1) is 8.97. The van der Waals surface area contributed by atoms with Gasteiger partial charge in [-0.2, -0.15) is 0 Å². The minimum absolute atomic E-state index is 0.277. The van der Waals surface area contributed by atoms with E-state index in [2.05, 4.69) is 13.8 Å². The van der Waals surface area contributed by atoms with Gasteiger partial charge < -0.3 is 0 Å². The van der Waals surface area contributed by atoms with Crippen LogP contribution in [0.1, 0.15) is 20.3 Å². The van der Waals surface area contributed by atoms with E-state index in [0.29, 0.717) is 12.3 Å².